The summed E-state index contributed by atoms with van der Waals surface area (Å²) in [7, 11) is 0. The van der Waals surface area contributed by atoms with Gasteiger partial charge in [0.15, 0.2) is 10.8 Å². The van der Waals surface area contributed by atoms with Crippen LogP contribution in [0.1, 0.15) is 52.1 Å². The van der Waals surface area contributed by atoms with Crippen LogP contribution in [0.4, 0.5) is 5.13 Å². The van der Waals surface area contributed by atoms with Crippen LogP contribution in [0.15, 0.2) is 10.5 Å². The molecule has 4 rings (SSSR count). The molecule has 1 aromatic heterocycles. The highest BCUT2D eigenvalue weighted by molar-refractivity contribution is 8.01. The second kappa shape index (κ2) is 7.66. The summed E-state index contributed by atoms with van der Waals surface area (Å²) in [6, 6.07) is -1.79. The van der Waals surface area contributed by atoms with Gasteiger partial charge in [0.1, 0.15) is 28.8 Å². The van der Waals surface area contributed by atoms with Gasteiger partial charge in [0.05, 0.1) is 0 Å². The number of hydrogen-bond acceptors (Lipinski definition) is 9. The first-order valence-electron chi connectivity index (χ1n) is 10.0. The maximum absolute atomic E-state index is 13.1. The molecule has 1 aromatic rings. The van der Waals surface area contributed by atoms with E-state index < -0.39 is 45.6 Å². The Morgan fingerprint density at radius 2 is 2.03 bits per heavy atom. The van der Waals surface area contributed by atoms with E-state index in [1.165, 1.54) is 28.0 Å². The smallest absolute Gasteiger partial charge is 0.327 e. The zero-order valence-corrected chi connectivity index (χ0v) is 19.1. The highest BCUT2D eigenvalue weighted by Gasteiger charge is 2.64. The summed E-state index contributed by atoms with van der Waals surface area (Å²) in [6.07, 6.45) is 3.74. The monoisotopic (exact) mass is 467 g/mol. The summed E-state index contributed by atoms with van der Waals surface area (Å²) >= 11 is 2.53. The van der Waals surface area contributed by atoms with Crippen LogP contribution in [0, 0.1) is 0 Å². The number of anilines is 1. The van der Waals surface area contributed by atoms with Crippen LogP contribution in [0.5, 0.6) is 0 Å². The van der Waals surface area contributed by atoms with Crippen molar-refractivity contribution in [2.75, 3.05) is 5.73 Å². The van der Waals surface area contributed by atoms with Gasteiger partial charge in [-0.25, -0.2) is 9.78 Å². The lowest BCUT2D eigenvalue weighted by molar-refractivity contribution is -0.160. The minimum atomic E-state index is -1.06. The molecule has 2 aliphatic heterocycles. The van der Waals surface area contributed by atoms with E-state index in [2.05, 4.69) is 15.5 Å². The number of thiazole rings is 1. The number of oxime groups is 1. The molecule has 3 atom stereocenters. The van der Waals surface area contributed by atoms with Crippen molar-refractivity contribution in [3.63, 3.8) is 0 Å². The number of carbonyl (C=O) groups excluding carboxylic acids is 2. The van der Waals surface area contributed by atoms with Gasteiger partial charge in [-0.2, -0.15) is 0 Å². The zero-order chi connectivity index (χ0) is 22.6. The molecule has 2 saturated heterocycles. The van der Waals surface area contributed by atoms with E-state index in [0.29, 0.717) is 0 Å². The minimum Gasteiger partial charge on any atom is -0.480 e. The van der Waals surface area contributed by atoms with Crippen LogP contribution in [0.3, 0.4) is 0 Å². The largest absolute Gasteiger partial charge is 0.480 e. The predicted octanol–water partition coefficient (Wildman–Crippen LogP) is 1.41. The van der Waals surface area contributed by atoms with Gasteiger partial charge in [-0.1, -0.05) is 5.16 Å². The Bertz CT molecular complexity index is 955. The van der Waals surface area contributed by atoms with Crippen LogP contribution in [-0.4, -0.2) is 66.3 Å². The topological polar surface area (TPSA) is 147 Å². The van der Waals surface area contributed by atoms with Crippen LogP contribution < -0.4 is 11.1 Å². The molecule has 4 N–H and O–H groups in total. The Hall–Kier alpha value is -2.34. The first-order chi connectivity index (χ1) is 14.5. The van der Waals surface area contributed by atoms with E-state index in [1.807, 2.05) is 6.92 Å². The number of β-lactam (4-membered cyclic amide) rings is 1. The maximum atomic E-state index is 13.1. The lowest BCUT2D eigenvalue weighted by atomic mass is 9.96. The van der Waals surface area contributed by atoms with Crippen molar-refractivity contribution < 1.29 is 24.3 Å². The number of nitrogen functional groups attached to an aromatic ring is 1. The average Bonchev–Trinajstić information content (AvgIpc) is 3.37. The number of nitrogens with two attached hydrogens (primary N) is 1. The molecule has 10 nitrogen and oxygen atoms in total. The average molecular weight is 468 g/mol. The van der Waals surface area contributed by atoms with Gasteiger partial charge < -0.3 is 25.9 Å². The van der Waals surface area contributed by atoms with Crippen molar-refractivity contribution in [3.05, 3.63) is 11.1 Å². The zero-order valence-electron chi connectivity index (χ0n) is 17.5. The second-order valence-electron chi connectivity index (χ2n) is 8.81. The summed E-state index contributed by atoms with van der Waals surface area (Å²) in [4.78, 5) is 48.6. The molecule has 2 amide bonds. The standard InChI is InChI=1S/C19H25N5O5S2/c1-18(2)12(16(27)28)24-14(26)11(15(24)31-18)22-13(25)10(9-8-30-17(20)21-9)23-29-19(3)6-4-5-7-19/h8,11-12,15H,4-7H2,1-3H3,(H2,20,21)(H,22,25)(H,27,28)/t11-,12-,15+/m0/s1. The molecule has 12 heteroatoms. The molecule has 3 heterocycles. The highest BCUT2D eigenvalue weighted by atomic mass is 32.2. The molecule has 3 aliphatic rings. The third-order valence-electron chi connectivity index (χ3n) is 5.96. The molecule has 0 spiro atoms. The first kappa shape index (κ1) is 21.9. The fraction of sp³-hybridized carbons (Fsp3) is 0.632. The van der Waals surface area contributed by atoms with E-state index in [0.717, 1.165) is 25.7 Å². The van der Waals surface area contributed by atoms with Gasteiger partial charge in [-0.05, 0) is 46.5 Å². The number of nitrogens with zero attached hydrogens (tertiary/aromatic N) is 3. The quantitative estimate of drug-likeness (QED) is 0.323. The Kier molecular flexibility index (Phi) is 5.41. The Morgan fingerprint density at radius 3 is 2.61 bits per heavy atom. The summed E-state index contributed by atoms with van der Waals surface area (Å²) in [5.41, 5.74) is 5.50. The van der Waals surface area contributed by atoms with Gasteiger partial charge in [-0.3, -0.25) is 9.59 Å². The molecule has 0 bridgehead atoms. The van der Waals surface area contributed by atoms with E-state index >= 15 is 0 Å². The molecule has 0 aromatic carbocycles. The van der Waals surface area contributed by atoms with E-state index in [-0.39, 0.29) is 16.5 Å². The normalized spacial score (nSPS) is 28.7. The van der Waals surface area contributed by atoms with Gasteiger partial charge in [0.25, 0.3) is 5.91 Å². The van der Waals surface area contributed by atoms with Crippen molar-refractivity contribution in [1.82, 2.24) is 15.2 Å². The van der Waals surface area contributed by atoms with Crippen molar-refractivity contribution in [3.8, 4) is 0 Å². The van der Waals surface area contributed by atoms with Crippen molar-refractivity contribution in [2.45, 2.75) is 74.3 Å². The molecule has 1 aliphatic carbocycles. The van der Waals surface area contributed by atoms with Gasteiger partial charge in [-0.15, -0.1) is 23.1 Å². The van der Waals surface area contributed by atoms with Crippen LogP contribution in [-0.2, 0) is 19.2 Å². The molecule has 31 heavy (non-hydrogen) atoms. The SMILES string of the molecule is CC1(ON=C(C(=O)N[C@H]2C(=O)N3[C@@H]2SC(C)(C)[C@@H]3C(=O)O)c2csc(N)n2)CCCC1. The Morgan fingerprint density at radius 1 is 1.35 bits per heavy atom. The first-order valence-corrected chi connectivity index (χ1v) is 11.8. The fourth-order valence-electron chi connectivity index (χ4n) is 4.33. The maximum Gasteiger partial charge on any atom is 0.327 e. The number of aromatic nitrogens is 1. The predicted molar refractivity (Wildman–Crippen MR) is 117 cm³/mol. The van der Waals surface area contributed by atoms with E-state index in [4.69, 9.17) is 10.6 Å². The number of carboxylic acids is 1. The van der Waals surface area contributed by atoms with Gasteiger partial charge >= 0.3 is 5.97 Å². The van der Waals surface area contributed by atoms with Gasteiger partial charge in [0, 0.05) is 10.1 Å². The number of aliphatic carboxylic acids is 1. The number of thioether (sulfide) groups is 1. The second-order valence-corrected chi connectivity index (χ2v) is 11.5. The molecule has 168 valence electrons. The van der Waals surface area contributed by atoms with Crippen molar-refractivity contribution in [1.29, 1.82) is 0 Å². The molecular formula is C19H25N5O5S2. The van der Waals surface area contributed by atoms with Crippen LogP contribution >= 0.6 is 23.1 Å². The number of hydrogen-bond donors (Lipinski definition) is 3. The summed E-state index contributed by atoms with van der Waals surface area (Å²) < 4.78 is -0.675. The summed E-state index contributed by atoms with van der Waals surface area (Å²) in [6.45, 7) is 5.51. The lowest BCUT2D eigenvalue weighted by Crippen LogP contribution is -2.71. The Balaban J connectivity index is 1.53. The Labute approximate surface area is 187 Å². The lowest BCUT2D eigenvalue weighted by Gasteiger charge is -2.43. The molecular weight excluding hydrogens is 442 g/mol. The highest BCUT2D eigenvalue weighted by Crippen LogP contribution is 2.50. The van der Waals surface area contributed by atoms with Crippen LogP contribution in [0.25, 0.3) is 0 Å². The van der Waals surface area contributed by atoms with Crippen molar-refractivity contribution in [2.24, 2.45) is 5.16 Å². The molecule has 0 radical (unpaired) electrons. The fourth-order valence-corrected chi connectivity index (χ4v) is 6.50. The third-order valence-corrected chi connectivity index (χ3v) is 8.21. The minimum absolute atomic E-state index is 0.0515. The third kappa shape index (κ3) is 3.86. The van der Waals surface area contributed by atoms with Crippen molar-refractivity contribution >= 4 is 51.7 Å². The number of nitrogens with one attached hydrogen (secondary N) is 1. The number of rotatable bonds is 6. The number of amides is 2. The van der Waals surface area contributed by atoms with E-state index in [1.54, 1.807) is 19.2 Å². The molecule has 3 fully saturated rings. The number of carbonyl (C=O) groups is 3. The van der Waals surface area contributed by atoms with Crippen LogP contribution in [0.2, 0.25) is 0 Å². The number of carboxylic acid groups (broad SMARTS) is 1. The molecule has 0 unspecified atom stereocenters. The summed E-state index contributed by atoms with van der Waals surface area (Å²) in [5, 5.41) is 17.8. The van der Waals surface area contributed by atoms with Gasteiger partial charge in [0.2, 0.25) is 5.91 Å². The molecule has 1 saturated carbocycles. The number of fused-ring (bicyclic) bond motifs is 1. The summed E-state index contributed by atoms with van der Waals surface area (Å²) in [5.74, 6) is -2.09. The van der Waals surface area contributed by atoms with E-state index in [9.17, 15) is 19.5 Å².